The Bertz CT molecular complexity index is 728. The van der Waals surface area contributed by atoms with Crippen LogP contribution in [-0.4, -0.2) is 26.7 Å². The van der Waals surface area contributed by atoms with E-state index in [4.69, 9.17) is 10.9 Å². The van der Waals surface area contributed by atoms with E-state index >= 15 is 0 Å². The Morgan fingerprint density at radius 1 is 1.57 bits per heavy atom. The average Bonchev–Trinajstić information content (AvgIpc) is 2.82. The molecule has 21 heavy (non-hydrogen) atoms. The van der Waals surface area contributed by atoms with Crippen molar-refractivity contribution in [3.63, 3.8) is 0 Å². The molecule has 1 amide bonds. The summed E-state index contributed by atoms with van der Waals surface area (Å²) in [5.41, 5.74) is 5.88. The third-order valence-electron chi connectivity index (χ3n) is 2.74. The van der Waals surface area contributed by atoms with Gasteiger partial charge >= 0.3 is 0 Å². The summed E-state index contributed by atoms with van der Waals surface area (Å²) in [5.74, 6) is -1.06. The van der Waals surface area contributed by atoms with Crippen LogP contribution in [0.25, 0.3) is 0 Å². The van der Waals surface area contributed by atoms with Gasteiger partial charge in [0.1, 0.15) is 11.6 Å². The number of nitrogens with one attached hydrogen (secondary N) is 1. The van der Waals surface area contributed by atoms with Crippen molar-refractivity contribution in [2.45, 2.75) is 0 Å². The number of aromatic nitrogens is 2. The van der Waals surface area contributed by atoms with Gasteiger partial charge in [-0.2, -0.15) is 5.10 Å². The van der Waals surface area contributed by atoms with Crippen molar-refractivity contribution in [3.8, 4) is 0 Å². The second-order valence-electron chi connectivity index (χ2n) is 4.10. The van der Waals surface area contributed by atoms with Crippen LogP contribution in [0.3, 0.4) is 0 Å². The second kappa shape index (κ2) is 5.92. The van der Waals surface area contributed by atoms with Gasteiger partial charge in [0.25, 0.3) is 5.91 Å². The summed E-state index contributed by atoms with van der Waals surface area (Å²) in [6.45, 7) is 0. The zero-order valence-corrected chi connectivity index (χ0v) is 12.4. The molecule has 0 aliphatic carbocycles. The Hall–Kier alpha value is -2.42. The number of amides is 1. The minimum atomic E-state index is -0.552. The van der Waals surface area contributed by atoms with Crippen molar-refractivity contribution in [2.24, 2.45) is 17.9 Å². The largest absolute Gasteiger partial charge is 0.409 e. The van der Waals surface area contributed by atoms with E-state index in [1.54, 1.807) is 7.05 Å². The van der Waals surface area contributed by atoms with Gasteiger partial charge in [0, 0.05) is 12.6 Å². The molecule has 9 heteroatoms. The van der Waals surface area contributed by atoms with E-state index in [1.165, 1.54) is 23.0 Å². The maximum absolute atomic E-state index is 13.4. The zero-order chi connectivity index (χ0) is 15.6. The van der Waals surface area contributed by atoms with Crippen LogP contribution in [0.15, 0.2) is 34.0 Å². The van der Waals surface area contributed by atoms with Crippen LogP contribution in [0.4, 0.5) is 10.2 Å². The molecule has 0 radical (unpaired) electrons. The van der Waals surface area contributed by atoms with Crippen molar-refractivity contribution >= 4 is 33.5 Å². The predicted octanol–water partition coefficient (Wildman–Crippen LogP) is 1.67. The number of halogens is 2. The summed E-state index contributed by atoms with van der Waals surface area (Å²) in [6.07, 6.45) is 1.34. The minimum absolute atomic E-state index is 0.127. The number of oxime groups is 1. The highest BCUT2D eigenvalue weighted by molar-refractivity contribution is 9.10. The van der Waals surface area contributed by atoms with Gasteiger partial charge in [-0.25, -0.2) is 4.39 Å². The topological polar surface area (TPSA) is 106 Å². The standard InChI is InChI=1S/C12H11BrFN5O2/c1-19-11(7(5-16-19)10(15)18-21)17-12(20)6-2-3-8(13)9(14)4-6/h2-5,21H,1H3,(H2,15,18)(H,17,20). The number of rotatable bonds is 3. The lowest BCUT2D eigenvalue weighted by atomic mass is 10.2. The van der Waals surface area contributed by atoms with Crippen LogP contribution in [-0.2, 0) is 7.05 Å². The molecule has 2 aromatic rings. The van der Waals surface area contributed by atoms with Crippen LogP contribution in [0.5, 0.6) is 0 Å². The van der Waals surface area contributed by atoms with E-state index in [1.807, 2.05) is 0 Å². The SMILES string of the molecule is Cn1ncc(C(N)=NO)c1NC(=O)c1ccc(Br)c(F)c1. The number of anilines is 1. The molecular weight excluding hydrogens is 345 g/mol. The number of amidine groups is 1. The molecule has 0 unspecified atom stereocenters. The Morgan fingerprint density at radius 3 is 2.90 bits per heavy atom. The first-order chi connectivity index (χ1) is 9.93. The molecule has 0 aliphatic heterocycles. The van der Waals surface area contributed by atoms with E-state index in [2.05, 4.69) is 31.5 Å². The average molecular weight is 356 g/mol. The van der Waals surface area contributed by atoms with E-state index in [0.29, 0.717) is 0 Å². The summed E-state index contributed by atoms with van der Waals surface area (Å²) in [7, 11) is 1.58. The molecule has 110 valence electrons. The fourth-order valence-corrected chi connectivity index (χ4v) is 1.89. The third kappa shape index (κ3) is 3.02. The molecule has 0 spiro atoms. The fourth-order valence-electron chi connectivity index (χ4n) is 1.64. The van der Waals surface area contributed by atoms with Gasteiger partial charge in [-0.3, -0.25) is 9.48 Å². The highest BCUT2D eigenvalue weighted by Crippen LogP contribution is 2.19. The van der Waals surface area contributed by atoms with Crippen molar-refractivity contribution in [1.29, 1.82) is 0 Å². The molecule has 0 saturated heterocycles. The predicted molar refractivity (Wildman–Crippen MR) is 77.8 cm³/mol. The Balaban J connectivity index is 2.31. The summed E-state index contributed by atoms with van der Waals surface area (Å²) in [4.78, 5) is 12.1. The fraction of sp³-hybridized carbons (Fsp3) is 0.0833. The van der Waals surface area contributed by atoms with Crippen molar-refractivity contribution < 1.29 is 14.4 Å². The molecule has 0 bridgehead atoms. The molecular formula is C12H11BrFN5O2. The smallest absolute Gasteiger partial charge is 0.256 e. The Labute approximate surface area is 127 Å². The maximum atomic E-state index is 13.4. The van der Waals surface area contributed by atoms with Gasteiger partial charge in [0.15, 0.2) is 5.84 Å². The lowest BCUT2D eigenvalue weighted by Gasteiger charge is -2.08. The number of hydrogen-bond acceptors (Lipinski definition) is 4. The number of carbonyl (C=O) groups is 1. The van der Waals surface area contributed by atoms with Gasteiger partial charge in [0.2, 0.25) is 0 Å². The Morgan fingerprint density at radius 2 is 2.29 bits per heavy atom. The lowest BCUT2D eigenvalue weighted by Crippen LogP contribution is -2.20. The number of nitrogens with two attached hydrogens (primary N) is 1. The third-order valence-corrected chi connectivity index (χ3v) is 3.38. The number of aryl methyl sites for hydroxylation is 1. The van der Waals surface area contributed by atoms with Crippen LogP contribution in [0.1, 0.15) is 15.9 Å². The van der Waals surface area contributed by atoms with Crippen molar-refractivity contribution in [2.75, 3.05) is 5.32 Å². The first-order valence-electron chi connectivity index (χ1n) is 5.70. The first-order valence-corrected chi connectivity index (χ1v) is 6.49. The van der Waals surface area contributed by atoms with Gasteiger partial charge in [-0.05, 0) is 34.1 Å². The number of carbonyl (C=O) groups excluding carboxylic acids is 1. The molecule has 0 fully saturated rings. The molecule has 1 heterocycles. The van der Waals surface area contributed by atoms with Crippen LogP contribution in [0, 0.1) is 5.82 Å². The molecule has 1 aromatic carbocycles. The minimum Gasteiger partial charge on any atom is -0.409 e. The molecule has 0 saturated carbocycles. The second-order valence-corrected chi connectivity index (χ2v) is 4.95. The zero-order valence-electron chi connectivity index (χ0n) is 10.8. The van der Waals surface area contributed by atoms with Gasteiger partial charge in [0.05, 0.1) is 16.2 Å². The highest BCUT2D eigenvalue weighted by Gasteiger charge is 2.16. The molecule has 1 aromatic heterocycles. The van der Waals surface area contributed by atoms with Crippen LogP contribution >= 0.6 is 15.9 Å². The highest BCUT2D eigenvalue weighted by atomic mass is 79.9. The first kappa shape index (κ1) is 15.0. The molecule has 7 nitrogen and oxygen atoms in total. The van der Waals surface area contributed by atoms with Crippen LogP contribution in [0.2, 0.25) is 0 Å². The summed E-state index contributed by atoms with van der Waals surface area (Å²) in [6, 6.07) is 3.99. The monoisotopic (exact) mass is 355 g/mol. The van der Waals surface area contributed by atoms with E-state index in [0.717, 1.165) is 6.07 Å². The lowest BCUT2D eigenvalue weighted by molar-refractivity contribution is 0.102. The van der Waals surface area contributed by atoms with Crippen molar-refractivity contribution in [1.82, 2.24) is 9.78 Å². The molecule has 4 N–H and O–H groups in total. The van der Waals surface area contributed by atoms with Gasteiger partial charge in [-0.15, -0.1) is 0 Å². The molecule has 2 rings (SSSR count). The Kier molecular flexibility index (Phi) is 4.22. The summed E-state index contributed by atoms with van der Waals surface area (Å²) < 4.78 is 15.1. The quantitative estimate of drug-likeness (QED) is 0.337. The number of hydrogen-bond donors (Lipinski definition) is 3. The molecule has 0 aliphatic rings. The van der Waals surface area contributed by atoms with E-state index < -0.39 is 11.7 Å². The van der Waals surface area contributed by atoms with E-state index in [-0.39, 0.29) is 27.3 Å². The molecule has 0 atom stereocenters. The summed E-state index contributed by atoms with van der Waals surface area (Å²) >= 11 is 3.01. The number of benzene rings is 1. The van der Waals surface area contributed by atoms with Crippen LogP contribution < -0.4 is 11.1 Å². The number of nitrogens with zero attached hydrogens (tertiary/aromatic N) is 3. The van der Waals surface area contributed by atoms with Gasteiger partial charge in [-0.1, -0.05) is 5.16 Å². The normalized spacial score (nSPS) is 11.5. The van der Waals surface area contributed by atoms with E-state index in [9.17, 15) is 9.18 Å². The van der Waals surface area contributed by atoms with Gasteiger partial charge < -0.3 is 16.3 Å². The van der Waals surface area contributed by atoms with Crippen molar-refractivity contribution in [3.05, 3.63) is 45.8 Å². The maximum Gasteiger partial charge on any atom is 0.256 e. The summed E-state index contributed by atoms with van der Waals surface area (Å²) in [5, 5.41) is 18.0.